The Hall–Kier alpha value is -2.67. The molecular weight excluding hydrogens is 456 g/mol. The van der Waals surface area contributed by atoms with Gasteiger partial charge in [-0.05, 0) is 63.1 Å². The molecule has 2 N–H and O–H groups in total. The molecule has 1 saturated heterocycles. The van der Waals surface area contributed by atoms with Gasteiger partial charge in [-0.1, -0.05) is 50.5 Å². The molecule has 1 fully saturated rings. The highest BCUT2D eigenvalue weighted by molar-refractivity contribution is 6.02. The lowest BCUT2D eigenvalue weighted by Crippen LogP contribution is -2.44. The summed E-state index contributed by atoms with van der Waals surface area (Å²) in [4.78, 5) is 42.4. The van der Waals surface area contributed by atoms with Crippen molar-refractivity contribution in [1.82, 2.24) is 4.90 Å². The third-order valence-corrected chi connectivity index (χ3v) is 7.52. The Morgan fingerprint density at radius 1 is 1.08 bits per heavy atom. The number of anilines is 1. The number of rotatable bonds is 12. The number of aryl methyl sites for hydroxylation is 2. The number of aliphatic hydroxyl groups is 1. The second-order valence-corrected chi connectivity index (χ2v) is 10.1. The van der Waals surface area contributed by atoms with Gasteiger partial charge >= 0.3 is 5.97 Å². The van der Waals surface area contributed by atoms with Gasteiger partial charge in [0.1, 0.15) is 6.04 Å². The number of esters is 1. The summed E-state index contributed by atoms with van der Waals surface area (Å²) in [5.41, 5.74) is 2.74. The number of hydrogen-bond donors (Lipinski definition) is 2. The second kappa shape index (κ2) is 13.0. The first kappa shape index (κ1) is 27.9. The molecule has 0 radical (unpaired) electrons. The molecule has 2 amide bonds. The zero-order chi connectivity index (χ0) is 26.2. The monoisotopic (exact) mass is 498 g/mol. The number of nitrogens with zero attached hydrogens (tertiary/aromatic N) is 1. The summed E-state index contributed by atoms with van der Waals surface area (Å²) < 4.78 is 5.43. The van der Waals surface area contributed by atoms with Crippen LogP contribution in [0, 0.1) is 37.5 Å². The minimum absolute atomic E-state index is 0.0773. The average Bonchev–Trinajstić information content (AvgIpc) is 3.13. The lowest BCUT2D eigenvalue weighted by atomic mass is 9.69. The molecular formula is C29H42N2O5. The van der Waals surface area contributed by atoms with Crippen molar-refractivity contribution >= 4 is 23.5 Å². The Bertz CT molecular complexity index is 959. The van der Waals surface area contributed by atoms with Gasteiger partial charge in [-0.3, -0.25) is 14.4 Å². The lowest BCUT2D eigenvalue weighted by molar-refractivity contribution is -0.155. The molecule has 5 atom stereocenters. The fraction of sp³-hybridized carbons (Fsp3) is 0.621. The number of hydrogen-bond acceptors (Lipinski definition) is 5. The van der Waals surface area contributed by atoms with Crippen LogP contribution in [0.2, 0.25) is 0 Å². The minimum Gasteiger partial charge on any atom is -0.466 e. The number of allylic oxidation sites excluding steroid dienone is 1. The van der Waals surface area contributed by atoms with E-state index in [9.17, 15) is 14.4 Å². The van der Waals surface area contributed by atoms with Gasteiger partial charge < -0.3 is 20.1 Å². The van der Waals surface area contributed by atoms with Crippen LogP contribution >= 0.6 is 0 Å². The molecule has 0 bridgehead atoms. The standard InChI is InChI=1S/C29H42N2O5/c1-5-11-21-14-15-22-25(24(21)29(35)36-6-2)28(34)31(16-9-7-8-10-17-32)26(22)27(33)30-23-18-19(3)12-13-20(23)4/h12-15,18,21-22,24-26,32H,5-11,16-17H2,1-4H3,(H,30,33)/t21-,22+,24-,25+,26+/m1/s1. The summed E-state index contributed by atoms with van der Waals surface area (Å²) in [7, 11) is 0. The van der Waals surface area contributed by atoms with Crippen LogP contribution in [-0.4, -0.2) is 53.6 Å². The van der Waals surface area contributed by atoms with Gasteiger partial charge in [0.15, 0.2) is 0 Å². The molecule has 7 nitrogen and oxygen atoms in total. The van der Waals surface area contributed by atoms with Crippen LogP contribution in [0.4, 0.5) is 5.69 Å². The van der Waals surface area contributed by atoms with Gasteiger partial charge in [0, 0.05) is 24.8 Å². The van der Waals surface area contributed by atoms with Crippen LogP contribution < -0.4 is 5.32 Å². The quantitative estimate of drug-likeness (QED) is 0.253. The topological polar surface area (TPSA) is 95.9 Å². The highest BCUT2D eigenvalue weighted by Gasteiger charge is 2.57. The number of fused-ring (bicyclic) bond motifs is 1. The van der Waals surface area contributed by atoms with Gasteiger partial charge in [-0.2, -0.15) is 0 Å². The molecule has 1 aromatic rings. The van der Waals surface area contributed by atoms with Crippen molar-refractivity contribution in [3.63, 3.8) is 0 Å². The van der Waals surface area contributed by atoms with Crippen LogP contribution in [0.1, 0.15) is 63.5 Å². The molecule has 0 unspecified atom stereocenters. The summed E-state index contributed by atoms with van der Waals surface area (Å²) in [5, 5.41) is 12.2. The van der Waals surface area contributed by atoms with Crippen molar-refractivity contribution in [1.29, 1.82) is 0 Å². The molecule has 1 aliphatic carbocycles. The first-order valence-corrected chi connectivity index (χ1v) is 13.5. The number of unbranched alkanes of at least 4 members (excludes halogenated alkanes) is 3. The van der Waals surface area contributed by atoms with Gasteiger partial charge in [0.25, 0.3) is 0 Å². The SMILES string of the molecule is CCC[C@@H]1C=C[C@H]2[C@H](C(=O)N(CCCCCCO)[C@@H]2C(=O)Nc2cc(C)ccc2C)[C@@H]1C(=O)OCC. The van der Waals surface area contributed by atoms with Crippen LogP contribution in [0.25, 0.3) is 0 Å². The highest BCUT2D eigenvalue weighted by atomic mass is 16.5. The largest absolute Gasteiger partial charge is 0.466 e. The third kappa shape index (κ3) is 6.17. The van der Waals surface area contributed by atoms with Crippen LogP contribution in [0.3, 0.4) is 0 Å². The van der Waals surface area contributed by atoms with Crippen molar-refractivity contribution < 1.29 is 24.2 Å². The van der Waals surface area contributed by atoms with E-state index in [1.54, 1.807) is 11.8 Å². The smallest absolute Gasteiger partial charge is 0.310 e. The van der Waals surface area contributed by atoms with Crippen LogP contribution in [0.15, 0.2) is 30.4 Å². The highest BCUT2D eigenvalue weighted by Crippen LogP contribution is 2.46. The van der Waals surface area contributed by atoms with E-state index in [1.807, 2.05) is 44.2 Å². The Morgan fingerprint density at radius 3 is 2.53 bits per heavy atom. The predicted molar refractivity (Wildman–Crippen MR) is 140 cm³/mol. The number of carbonyl (C=O) groups is 3. The first-order chi connectivity index (χ1) is 17.3. The summed E-state index contributed by atoms with van der Waals surface area (Å²) in [5.74, 6) is -2.34. The van der Waals surface area contributed by atoms with Crippen molar-refractivity contribution in [3.8, 4) is 0 Å². The normalized spacial score (nSPS) is 25.1. The maximum Gasteiger partial charge on any atom is 0.310 e. The zero-order valence-electron chi connectivity index (χ0n) is 22.2. The maximum atomic E-state index is 13.9. The van der Waals surface area contributed by atoms with E-state index < -0.39 is 17.9 Å². The Kier molecular flexibility index (Phi) is 10.1. The summed E-state index contributed by atoms with van der Waals surface area (Å²) in [6, 6.07) is 5.23. The number of ether oxygens (including phenoxy) is 1. The molecule has 198 valence electrons. The van der Waals surface area contributed by atoms with E-state index in [-0.39, 0.29) is 42.8 Å². The zero-order valence-corrected chi connectivity index (χ0v) is 22.2. The molecule has 0 aromatic heterocycles. The fourth-order valence-corrected chi connectivity index (χ4v) is 5.73. The number of nitrogens with one attached hydrogen (secondary N) is 1. The molecule has 1 aromatic carbocycles. The van der Waals surface area contributed by atoms with Crippen LogP contribution in [0.5, 0.6) is 0 Å². The number of benzene rings is 1. The van der Waals surface area contributed by atoms with E-state index in [0.29, 0.717) is 6.54 Å². The van der Waals surface area contributed by atoms with E-state index in [4.69, 9.17) is 9.84 Å². The van der Waals surface area contributed by atoms with Crippen molar-refractivity contribution in [2.24, 2.45) is 23.7 Å². The number of carbonyl (C=O) groups excluding carboxylic acids is 3. The molecule has 36 heavy (non-hydrogen) atoms. The average molecular weight is 499 g/mol. The predicted octanol–water partition coefficient (Wildman–Crippen LogP) is 4.40. The molecule has 2 aliphatic rings. The maximum absolute atomic E-state index is 13.9. The summed E-state index contributed by atoms with van der Waals surface area (Å²) in [6.07, 6.45) is 8.90. The number of amides is 2. The van der Waals surface area contributed by atoms with Crippen molar-refractivity contribution in [3.05, 3.63) is 41.5 Å². The Morgan fingerprint density at radius 2 is 1.83 bits per heavy atom. The summed E-state index contributed by atoms with van der Waals surface area (Å²) in [6.45, 7) is 8.63. The first-order valence-electron chi connectivity index (χ1n) is 13.5. The van der Waals surface area contributed by atoms with E-state index >= 15 is 0 Å². The second-order valence-electron chi connectivity index (χ2n) is 10.1. The molecule has 0 saturated carbocycles. The number of likely N-dealkylation sites (tertiary alicyclic amines) is 1. The third-order valence-electron chi connectivity index (χ3n) is 7.52. The van der Waals surface area contributed by atoms with Gasteiger partial charge in [-0.25, -0.2) is 0 Å². The van der Waals surface area contributed by atoms with E-state index in [1.165, 1.54) is 0 Å². The number of aliphatic hydroxyl groups excluding tert-OH is 1. The molecule has 1 aliphatic heterocycles. The van der Waals surface area contributed by atoms with Crippen LogP contribution in [-0.2, 0) is 19.1 Å². The Balaban J connectivity index is 1.93. The van der Waals surface area contributed by atoms with Gasteiger partial charge in [0.2, 0.25) is 11.8 Å². The summed E-state index contributed by atoms with van der Waals surface area (Å²) >= 11 is 0. The van der Waals surface area contributed by atoms with Gasteiger partial charge in [0.05, 0.1) is 18.4 Å². The molecule has 1 heterocycles. The van der Waals surface area contributed by atoms with Crippen molar-refractivity contribution in [2.75, 3.05) is 25.1 Å². The van der Waals surface area contributed by atoms with E-state index in [2.05, 4.69) is 12.2 Å². The fourth-order valence-electron chi connectivity index (χ4n) is 5.73. The van der Waals surface area contributed by atoms with Crippen molar-refractivity contribution in [2.45, 2.75) is 72.3 Å². The Labute approximate surface area is 215 Å². The van der Waals surface area contributed by atoms with E-state index in [0.717, 1.165) is 55.3 Å². The lowest BCUT2D eigenvalue weighted by Gasteiger charge is -2.33. The molecule has 3 rings (SSSR count). The van der Waals surface area contributed by atoms with Gasteiger partial charge in [-0.15, -0.1) is 0 Å². The minimum atomic E-state index is -0.684. The molecule has 0 spiro atoms. The molecule has 7 heteroatoms.